The van der Waals surface area contributed by atoms with Gasteiger partial charge in [-0.3, -0.25) is 4.98 Å². The Bertz CT molecular complexity index is 3300. The summed E-state index contributed by atoms with van der Waals surface area (Å²) in [6, 6.07) is 80.2. The van der Waals surface area contributed by atoms with Gasteiger partial charge < -0.3 is 14.8 Å². The molecule has 0 amide bonds. The average Bonchev–Trinajstić information content (AvgIpc) is 3.96. The maximum atomic E-state index is 12.6. The summed E-state index contributed by atoms with van der Waals surface area (Å²) in [5, 5.41) is 0. The number of anilines is 6. The summed E-state index contributed by atoms with van der Waals surface area (Å²) >= 11 is 0. The maximum absolute atomic E-state index is 12.6. The van der Waals surface area contributed by atoms with Crippen LogP contribution in [-0.2, 0) is 50.7 Å². The van der Waals surface area contributed by atoms with Gasteiger partial charge in [-0.25, -0.2) is 0 Å². The summed E-state index contributed by atoms with van der Waals surface area (Å²) in [4.78, 5) is 12.7. The zero-order valence-corrected chi connectivity index (χ0v) is 41.6. The second kappa shape index (κ2) is 20.4. The fourth-order valence-electron chi connectivity index (χ4n) is 10.1. The van der Waals surface area contributed by atoms with Crippen LogP contribution in [0.5, 0.6) is 0 Å². The van der Waals surface area contributed by atoms with E-state index < -0.39 is 29.3 Å². The number of halogens is 6. The van der Waals surface area contributed by atoms with Crippen molar-refractivity contribution in [1.29, 1.82) is 0 Å². The van der Waals surface area contributed by atoms with Gasteiger partial charge in [0, 0.05) is 65.8 Å². The molecule has 0 bridgehead atoms. The molecule has 10 aromatic rings. The second-order valence-corrected chi connectivity index (χ2v) is 17.9. The van der Waals surface area contributed by atoms with Crippen LogP contribution < -0.4 is 9.80 Å². The Labute approximate surface area is 438 Å². The van der Waals surface area contributed by atoms with Crippen molar-refractivity contribution < 1.29 is 46.4 Å². The van der Waals surface area contributed by atoms with Crippen molar-refractivity contribution in [2.24, 2.45) is 0 Å². The van der Waals surface area contributed by atoms with Gasteiger partial charge in [0.25, 0.3) is 0 Å². The predicted molar refractivity (Wildman–Crippen MR) is 276 cm³/mol. The Kier molecular flexibility index (Phi) is 13.7. The number of fused-ring (bicyclic) bond motifs is 6. The van der Waals surface area contributed by atoms with E-state index in [4.69, 9.17) is 0 Å². The van der Waals surface area contributed by atoms with Crippen LogP contribution >= 0.6 is 0 Å². The van der Waals surface area contributed by atoms with Gasteiger partial charge in [-0.05, 0) is 131 Å². The molecule has 0 unspecified atom stereocenters. The molecule has 8 aromatic carbocycles. The second-order valence-electron chi connectivity index (χ2n) is 17.9. The third-order valence-electron chi connectivity index (χ3n) is 13.4. The topological polar surface area (TPSA) is 32.3 Å². The normalized spacial score (nSPS) is 12.9. The quantitative estimate of drug-likeness (QED) is 0.112. The summed E-state index contributed by atoms with van der Waals surface area (Å²) in [5.41, 5.74) is 13.3. The van der Waals surface area contributed by atoms with Crippen LogP contribution in [0.25, 0.3) is 33.6 Å². The monoisotopic (exact) mass is 1160 g/mol. The van der Waals surface area contributed by atoms with Crippen molar-refractivity contribution in [3.8, 4) is 33.6 Å². The molecule has 367 valence electrons. The van der Waals surface area contributed by atoms with Crippen molar-refractivity contribution >= 4 is 34.1 Å². The Morgan fingerprint density at radius 2 is 0.932 bits per heavy atom. The Balaban J connectivity index is 0.000000252. The zero-order chi connectivity index (χ0) is 50.2. The first-order valence-corrected chi connectivity index (χ1v) is 23.6. The number of nitrogens with zero attached hydrogens (tertiary/aromatic N) is 4. The number of para-hydroxylation sites is 4. The van der Waals surface area contributed by atoms with Gasteiger partial charge in [0.1, 0.15) is 5.69 Å². The van der Waals surface area contributed by atoms with Gasteiger partial charge >= 0.3 is 12.4 Å². The summed E-state index contributed by atoms with van der Waals surface area (Å²) < 4.78 is 75.8. The van der Waals surface area contributed by atoms with Crippen molar-refractivity contribution in [1.82, 2.24) is 9.97 Å². The molecule has 11 heteroatoms. The molecule has 2 aromatic heterocycles. The first kappa shape index (κ1) is 49.5. The largest absolute Gasteiger partial charge is 0.432 e. The minimum absolute atomic E-state index is 0. The molecule has 2 aliphatic carbocycles. The fraction of sp³-hybridized carbons (Fsp3) is 0.0794. The van der Waals surface area contributed by atoms with E-state index in [1.54, 1.807) is 6.07 Å². The smallest absolute Gasteiger partial charge is 0.310 e. The SMILES string of the molecule is FC(F)(F)c1cc(-c2[c-]cccc2)nc(C(F)(F)F)c1.[Ir].[c-]1cc2c(cc1-c1ccccn1)CC1(C2)c2cc(N(c3ccccc3)c3ccccc3)ccc2-c2ccc(N(c3ccccc3)c3ccccc3)cc21. The minimum Gasteiger partial charge on any atom is -0.310 e. The summed E-state index contributed by atoms with van der Waals surface area (Å²) in [7, 11) is 0. The van der Waals surface area contributed by atoms with E-state index >= 15 is 0 Å². The Morgan fingerprint density at radius 3 is 1.39 bits per heavy atom. The number of benzene rings is 8. The number of hydrogen-bond acceptors (Lipinski definition) is 4. The zero-order valence-electron chi connectivity index (χ0n) is 39.2. The summed E-state index contributed by atoms with van der Waals surface area (Å²) in [5.74, 6) is 0. The van der Waals surface area contributed by atoms with Gasteiger partial charge in [0.15, 0.2) is 0 Å². The molecule has 2 aliphatic rings. The third-order valence-corrected chi connectivity index (χ3v) is 13.4. The number of aromatic nitrogens is 2. The van der Waals surface area contributed by atoms with E-state index in [-0.39, 0.29) is 37.2 Å². The molecule has 0 fully saturated rings. The molecule has 12 rings (SSSR count). The van der Waals surface area contributed by atoms with Crippen LogP contribution in [0.3, 0.4) is 0 Å². The predicted octanol–water partition coefficient (Wildman–Crippen LogP) is 17.1. The molecule has 1 spiro atoms. The summed E-state index contributed by atoms with van der Waals surface area (Å²) in [6.45, 7) is 0. The first-order chi connectivity index (χ1) is 35.4. The molecule has 0 aliphatic heterocycles. The molecular formula is C63H42F6IrN4-2. The van der Waals surface area contributed by atoms with Crippen molar-refractivity contribution in [3.63, 3.8) is 0 Å². The van der Waals surface area contributed by atoms with E-state index in [1.807, 2.05) is 18.3 Å². The number of pyridine rings is 2. The summed E-state index contributed by atoms with van der Waals surface area (Å²) in [6.07, 6.45) is -6.17. The number of rotatable bonds is 8. The number of hydrogen-bond donors (Lipinski definition) is 0. The van der Waals surface area contributed by atoms with E-state index in [0.717, 1.165) is 58.2 Å². The molecule has 1 radical (unpaired) electrons. The number of alkyl halides is 6. The molecular weight excluding hydrogens is 1120 g/mol. The fourth-order valence-corrected chi connectivity index (χ4v) is 10.1. The van der Waals surface area contributed by atoms with Crippen LogP contribution in [0, 0.1) is 12.1 Å². The standard InChI is InChI=1S/C50H36N3.C13H6F6N.Ir/c1-5-15-39(16-6-1)52(40-17-7-2-8-18-40)43-26-28-45-46-29-27-44(53(41-19-9-3-10-20-41)42-21-11-4-12-22-42)33-48(46)50(47(45)32-43)34-37-25-24-36(31-38(37)35-50)49-23-13-14-30-51-49;14-12(15,16)9-6-10(8-4-2-1-3-5-8)20-11(7-9)13(17,18)19;/h1-23,25-33H,34-35H2;1-4,6-7H;/q2*-1;. The molecule has 4 nitrogen and oxygen atoms in total. The van der Waals surface area contributed by atoms with E-state index in [0.29, 0.717) is 6.07 Å². The van der Waals surface area contributed by atoms with E-state index in [9.17, 15) is 26.3 Å². The van der Waals surface area contributed by atoms with Gasteiger partial charge in [-0.15, -0.1) is 70.8 Å². The van der Waals surface area contributed by atoms with Gasteiger partial charge in [-0.1, -0.05) is 103 Å². The third kappa shape index (κ3) is 9.76. The van der Waals surface area contributed by atoms with Crippen LogP contribution in [0.2, 0.25) is 0 Å². The van der Waals surface area contributed by atoms with Crippen LogP contribution in [0.4, 0.5) is 60.5 Å². The van der Waals surface area contributed by atoms with Crippen molar-refractivity contribution in [3.05, 3.63) is 276 Å². The molecule has 0 saturated carbocycles. The van der Waals surface area contributed by atoms with Crippen LogP contribution in [-0.4, -0.2) is 9.97 Å². The van der Waals surface area contributed by atoms with Gasteiger partial charge in [0.2, 0.25) is 0 Å². The van der Waals surface area contributed by atoms with Crippen LogP contribution in [0.1, 0.15) is 33.5 Å². The Hall–Kier alpha value is -8.11. The molecule has 0 saturated heterocycles. The molecule has 2 heterocycles. The van der Waals surface area contributed by atoms with E-state index in [2.05, 4.69) is 208 Å². The molecule has 0 atom stereocenters. The van der Waals surface area contributed by atoms with Crippen molar-refractivity contribution in [2.75, 3.05) is 9.80 Å². The minimum atomic E-state index is -4.95. The molecule has 74 heavy (non-hydrogen) atoms. The van der Waals surface area contributed by atoms with Gasteiger partial charge in [0.05, 0.1) is 5.56 Å². The van der Waals surface area contributed by atoms with Crippen molar-refractivity contribution in [2.45, 2.75) is 30.6 Å². The van der Waals surface area contributed by atoms with Gasteiger partial charge in [-0.2, -0.15) is 26.3 Å². The van der Waals surface area contributed by atoms with E-state index in [1.165, 1.54) is 51.6 Å². The average molecular weight is 1160 g/mol. The molecule has 0 N–H and O–H groups in total. The Morgan fingerprint density at radius 1 is 0.432 bits per heavy atom. The first-order valence-electron chi connectivity index (χ1n) is 23.6. The maximum Gasteiger partial charge on any atom is 0.432 e. The van der Waals surface area contributed by atoms with Crippen LogP contribution in [0.15, 0.2) is 231 Å².